The van der Waals surface area contributed by atoms with E-state index in [9.17, 15) is 19.2 Å². The topological polar surface area (TPSA) is 74.8 Å². The van der Waals surface area contributed by atoms with Crippen LogP contribution in [-0.4, -0.2) is 58.1 Å². The first-order valence-electron chi connectivity index (χ1n) is 10.7. The Morgan fingerprint density at radius 2 is 0.875 bits per heavy atom. The molecule has 0 saturated carbocycles. The molecule has 2 aliphatic carbocycles. The van der Waals surface area contributed by atoms with Gasteiger partial charge < -0.3 is 9.80 Å². The predicted octanol–water partition coefficient (Wildman–Crippen LogP) is 3.31. The summed E-state index contributed by atoms with van der Waals surface area (Å²) in [5, 5.41) is 0. The van der Waals surface area contributed by atoms with Gasteiger partial charge in [0.05, 0.1) is 11.1 Å². The summed E-state index contributed by atoms with van der Waals surface area (Å²) in [6.07, 6.45) is 3.36. The molecule has 2 aromatic carbocycles. The lowest BCUT2D eigenvalue weighted by Crippen LogP contribution is -2.52. The van der Waals surface area contributed by atoms with E-state index in [-0.39, 0.29) is 46.4 Å². The highest BCUT2D eigenvalue weighted by Crippen LogP contribution is 2.30. The highest BCUT2D eigenvalue weighted by molar-refractivity contribution is 6.40. The molecule has 6 heteroatoms. The van der Waals surface area contributed by atoms with Crippen LogP contribution in [0.1, 0.15) is 55.3 Å². The van der Waals surface area contributed by atoms with Crippen molar-refractivity contribution in [2.24, 2.45) is 0 Å². The summed E-state index contributed by atoms with van der Waals surface area (Å²) in [5.41, 5.74) is 2.18. The van der Waals surface area contributed by atoms with Gasteiger partial charge in [-0.15, -0.1) is 0 Å². The average molecular weight is 426 g/mol. The van der Waals surface area contributed by atoms with Crippen molar-refractivity contribution in [2.75, 3.05) is 13.1 Å². The number of fused-ring (bicyclic) bond motifs is 2. The van der Waals surface area contributed by atoms with Crippen LogP contribution in [0.5, 0.6) is 0 Å². The van der Waals surface area contributed by atoms with Gasteiger partial charge >= 0.3 is 0 Å². The van der Waals surface area contributed by atoms with Crippen LogP contribution in [0.15, 0.2) is 72.1 Å². The van der Waals surface area contributed by atoms with Gasteiger partial charge in [0.15, 0.2) is 23.1 Å². The Balaban J connectivity index is 1.37. The van der Waals surface area contributed by atoms with Crippen LogP contribution in [0.4, 0.5) is 0 Å². The average Bonchev–Trinajstić information content (AvgIpc) is 3.18. The zero-order valence-corrected chi connectivity index (χ0v) is 17.9. The molecule has 0 aromatic heterocycles. The second-order valence-electron chi connectivity index (χ2n) is 8.58. The molecule has 32 heavy (non-hydrogen) atoms. The fourth-order valence-corrected chi connectivity index (χ4v) is 4.65. The van der Waals surface area contributed by atoms with Crippen LogP contribution in [0.25, 0.3) is 0 Å². The first kappa shape index (κ1) is 20.1. The van der Waals surface area contributed by atoms with Gasteiger partial charge in [-0.3, -0.25) is 19.2 Å². The van der Waals surface area contributed by atoms with E-state index in [1.807, 2.05) is 23.6 Å². The molecule has 0 radical (unpaired) electrons. The highest BCUT2D eigenvalue weighted by Gasteiger charge is 2.37. The van der Waals surface area contributed by atoms with Crippen LogP contribution in [0.3, 0.4) is 0 Å². The lowest BCUT2D eigenvalue weighted by atomic mass is 10.1. The Bertz CT molecular complexity index is 1080. The van der Waals surface area contributed by atoms with E-state index in [2.05, 4.69) is 0 Å². The van der Waals surface area contributed by atoms with Crippen LogP contribution in [0, 0.1) is 0 Å². The molecule has 3 aliphatic rings. The predicted molar refractivity (Wildman–Crippen MR) is 119 cm³/mol. The SMILES string of the molecule is C[C@@H]1CN(C=C2C(=O)c3ccccc3C2=O)[C@@H](C)CN1C=C1C(=O)c2ccccc2C1=O. The van der Waals surface area contributed by atoms with Crippen molar-refractivity contribution in [1.82, 2.24) is 9.80 Å². The van der Waals surface area contributed by atoms with Crippen LogP contribution in [0.2, 0.25) is 0 Å². The third-order valence-electron chi connectivity index (χ3n) is 6.48. The van der Waals surface area contributed by atoms with E-state index in [1.54, 1.807) is 60.9 Å². The molecule has 1 heterocycles. The molecule has 5 rings (SSSR count). The van der Waals surface area contributed by atoms with Gasteiger partial charge in [-0.2, -0.15) is 0 Å². The third-order valence-corrected chi connectivity index (χ3v) is 6.48. The molecule has 2 atom stereocenters. The molecule has 0 spiro atoms. The van der Waals surface area contributed by atoms with Crippen molar-refractivity contribution in [3.05, 3.63) is 94.3 Å². The molecule has 0 unspecified atom stereocenters. The van der Waals surface area contributed by atoms with E-state index in [0.29, 0.717) is 35.3 Å². The summed E-state index contributed by atoms with van der Waals surface area (Å²) in [4.78, 5) is 54.9. The standard InChI is InChI=1S/C26H22N2O4/c1-15-11-28(14-22-25(31)19-9-5-6-10-20(19)26(22)32)16(2)12-27(15)13-21-23(29)17-7-3-4-8-18(17)24(21)30/h3-10,13-16H,11-12H2,1-2H3/t15-,16+. The number of hydrogen-bond donors (Lipinski definition) is 0. The Labute approximate surface area is 185 Å². The first-order valence-corrected chi connectivity index (χ1v) is 10.7. The summed E-state index contributed by atoms with van der Waals surface area (Å²) in [7, 11) is 0. The normalized spacial score (nSPS) is 22.4. The number of hydrogen-bond acceptors (Lipinski definition) is 6. The number of carbonyl (C=O) groups is 4. The number of nitrogens with zero attached hydrogens (tertiary/aromatic N) is 2. The van der Waals surface area contributed by atoms with Crippen molar-refractivity contribution >= 4 is 23.1 Å². The lowest BCUT2D eigenvalue weighted by molar-refractivity contribution is 0.0920. The monoisotopic (exact) mass is 426 g/mol. The van der Waals surface area contributed by atoms with Crippen LogP contribution >= 0.6 is 0 Å². The minimum absolute atomic E-state index is 0.0196. The molecule has 1 saturated heterocycles. The molecule has 1 aliphatic heterocycles. The maximum Gasteiger partial charge on any atom is 0.199 e. The number of ketones is 4. The van der Waals surface area contributed by atoms with Gasteiger partial charge in [0.25, 0.3) is 0 Å². The fraction of sp³-hybridized carbons (Fsp3) is 0.231. The smallest absolute Gasteiger partial charge is 0.199 e. The van der Waals surface area contributed by atoms with E-state index in [4.69, 9.17) is 0 Å². The van der Waals surface area contributed by atoms with Crippen molar-refractivity contribution < 1.29 is 19.2 Å². The number of rotatable bonds is 2. The molecule has 0 amide bonds. The summed E-state index contributed by atoms with van der Waals surface area (Å²) in [6.45, 7) is 5.11. The van der Waals surface area contributed by atoms with Gasteiger partial charge in [0.1, 0.15) is 0 Å². The Hall–Kier alpha value is -3.80. The summed E-state index contributed by atoms with van der Waals surface area (Å²) >= 11 is 0. The summed E-state index contributed by atoms with van der Waals surface area (Å²) in [5.74, 6) is -0.963. The number of carbonyl (C=O) groups excluding carboxylic acids is 4. The quantitative estimate of drug-likeness (QED) is 0.542. The highest BCUT2D eigenvalue weighted by atomic mass is 16.2. The molecular formula is C26H22N2O4. The molecule has 2 aromatic rings. The van der Waals surface area contributed by atoms with Crippen molar-refractivity contribution in [3.8, 4) is 0 Å². The van der Waals surface area contributed by atoms with E-state index < -0.39 is 0 Å². The van der Waals surface area contributed by atoms with Gasteiger partial charge in [-0.05, 0) is 13.8 Å². The fourth-order valence-electron chi connectivity index (χ4n) is 4.65. The molecular weight excluding hydrogens is 404 g/mol. The number of allylic oxidation sites excluding steroid dienone is 2. The number of Topliss-reactive ketones (excluding diaryl/α,β-unsaturated/α-hetero) is 4. The Morgan fingerprint density at radius 1 is 0.594 bits per heavy atom. The van der Waals surface area contributed by atoms with Gasteiger partial charge in [-0.1, -0.05) is 48.5 Å². The van der Waals surface area contributed by atoms with Crippen molar-refractivity contribution in [1.29, 1.82) is 0 Å². The minimum Gasteiger partial charge on any atom is -0.370 e. The second-order valence-corrected chi connectivity index (χ2v) is 8.58. The van der Waals surface area contributed by atoms with Gasteiger partial charge in [0.2, 0.25) is 0 Å². The van der Waals surface area contributed by atoms with E-state index in [0.717, 1.165) is 0 Å². The molecule has 6 nitrogen and oxygen atoms in total. The zero-order chi connectivity index (χ0) is 22.6. The number of benzene rings is 2. The second kappa shape index (κ2) is 7.41. The molecule has 1 fully saturated rings. The van der Waals surface area contributed by atoms with Gasteiger partial charge in [-0.25, -0.2) is 0 Å². The molecule has 0 bridgehead atoms. The van der Waals surface area contributed by atoms with Crippen molar-refractivity contribution in [2.45, 2.75) is 25.9 Å². The van der Waals surface area contributed by atoms with Crippen LogP contribution < -0.4 is 0 Å². The van der Waals surface area contributed by atoms with Crippen LogP contribution in [-0.2, 0) is 0 Å². The Kier molecular flexibility index (Phi) is 4.66. The van der Waals surface area contributed by atoms with E-state index >= 15 is 0 Å². The summed E-state index contributed by atoms with van der Waals surface area (Å²) in [6, 6.07) is 13.7. The summed E-state index contributed by atoms with van der Waals surface area (Å²) < 4.78 is 0. The third kappa shape index (κ3) is 3.02. The molecule has 0 N–H and O–H groups in total. The molecule has 160 valence electrons. The Morgan fingerprint density at radius 3 is 1.16 bits per heavy atom. The maximum atomic E-state index is 12.7. The zero-order valence-electron chi connectivity index (χ0n) is 17.9. The van der Waals surface area contributed by atoms with Crippen molar-refractivity contribution in [3.63, 3.8) is 0 Å². The lowest BCUT2D eigenvalue weighted by Gasteiger charge is -2.43. The van der Waals surface area contributed by atoms with Gasteiger partial charge in [0, 0.05) is 59.8 Å². The first-order chi connectivity index (χ1) is 15.4. The van der Waals surface area contributed by atoms with E-state index in [1.165, 1.54) is 0 Å². The number of piperazine rings is 1. The maximum absolute atomic E-state index is 12.7. The minimum atomic E-state index is -0.241. The largest absolute Gasteiger partial charge is 0.370 e.